The van der Waals surface area contributed by atoms with Gasteiger partial charge in [0, 0.05) is 13.1 Å². The van der Waals surface area contributed by atoms with E-state index in [-0.39, 0.29) is 28.8 Å². The molecule has 2 amide bonds. The van der Waals surface area contributed by atoms with Gasteiger partial charge in [0.1, 0.15) is 5.52 Å². The number of nitrogens with zero attached hydrogens (tertiary/aromatic N) is 4. The van der Waals surface area contributed by atoms with Crippen molar-refractivity contribution in [1.82, 2.24) is 19.9 Å². The summed E-state index contributed by atoms with van der Waals surface area (Å²) in [6.07, 6.45) is 1.35. The summed E-state index contributed by atoms with van der Waals surface area (Å²) in [6.45, 7) is 0.942. The summed E-state index contributed by atoms with van der Waals surface area (Å²) in [5, 5.41) is 14.3. The molecule has 0 spiro atoms. The molecular weight excluding hydrogens is 589 g/mol. The van der Waals surface area contributed by atoms with Gasteiger partial charge in [0.15, 0.2) is 5.66 Å². The number of nitrogens with one attached hydrogen (secondary N) is 1. The Morgan fingerprint density at radius 2 is 1.47 bits per heavy atom. The minimum Gasteiger partial charge on any atom is -0.338 e. The molecule has 1 saturated heterocycles. The van der Waals surface area contributed by atoms with Crippen LogP contribution in [0.3, 0.4) is 0 Å². The highest BCUT2D eigenvalue weighted by Crippen LogP contribution is 2.53. The topological polar surface area (TPSA) is 138 Å². The van der Waals surface area contributed by atoms with Crippen molar-refractivity contribution in [1.29, 1.82) is 0 Å². The predicted molar refractivity (Wildman–Crippen MR) is 173 cm³/mol. The molecule has 0 radical (unpaired) electrons. The van der Waals surface area contributed by atoms with E-state index in [2.05, 4.69) is 15.6 Å². The second-order valence-corrected chi connectivity index (χ2v) is 13.0. The third kappa shape index (κ3) is 5.48. The molecule has 6 aromatic rings. The zero-order chi connectivity index (χ0) is 31.1. The predicted octanol–water partition coefficient (Wildman–Crippen LogP) is 6.07. The van der Waals surface area contributed by atoms with Gasteiger partial charge in [-0.05, 0) is 64.2 Å². The first-order valence-electron chi connectivity index (χ1n) is 14.7. The molecule has 3 N–H and O–H groups in total. The molecule has 45 heavy (non-hydrogen) atoms. The van der Waals surface area contributed by atoms with Crippen LogP contribution in [0.4, 0.5) is 5.69 Å². The first-order valence-corrected chi connectivity index (χ1v) is 16.4. The Kier molecular flexibility index (Phi) is 7.41. The molecule has 1 aliphatic rings. The van der Waals surface area contributed by atoms with Gasteiger partial charge in [0.05, 0.1) is 22.8 Å². The molecule has 11 heteroatoms. The van der Waals surface area contributed by atoms with Crippen LogP contribution in [0.15, 0.2) is 103 Å². The van der Waals surface area contributed by atoms with E-state index < -0.39 is 19.2 Å². The van der Waals surface area contributed by atoms with E-state index in [0.717, 1.165) is 27.2 Å². The van der Waals surface area contributed by atoms with Crippen LogP contribution in [0.5, 0.6) is 0 Å². The molecule has 0 bridgehead atoms. The van der Waals surface area contributed by atoms with Crippen molar-refractivity contribution in [2.75, 3.05) is 18.4 Å². The van der Waals surface area contributed by atoms with E-state index in [1.807, 2.05) is 71.4 Å². The normalized spacial score (nSPS) is 15.0. The van der Waals surface area contributed by atoms with Gasteiger partial charge in [0.25, 0.3) is 5.91 Å². The van der Waals surface area contributed by atoms with Crippen LogP contribution in [-0.2, 0) is 9.36 Å². The smallest absolute Gasteiger partial charge is 0.338 e. The van der Waals surface area contributed by atoms with Gasteiger partial charge >= 0.3 is 7.60 Å². The maximum absolute atomic E-state index is 14.0. The number of anilines is 1. The second-order valence-electron chi connectivity index (χ2n) is 11.3. The average Bonchev–Trinajstić information content (AvgIpc) is 3.48. The Labute approximate surface area is 258 Å². The summed E-state index contributed by atoms with van der Waals surface area (Å²) in [4.78, 5) is 50.5. The van der Waals surface area contributed by atoms with Gasteiger partial charge in [-0.3, -0.25) is 14.2 Å². The first kappa shape index (κ1) is 28.9. The van der Waals surface area contributed by atoms with Crippen molar-refractivity contribution in [2.24, 2.45) is 0 Å². The summed E-state index contributed by atoms with van der Waals surface area (Å²) in [5.41, 5.74) is 0.680. The van der Waals surface area contributed by atoms with Crippen LogP contribution in [0.25, 0.3) is 32.6 Å². The van der Waals surface area contributed by atoms with Gasteiger partial charge in [-0.2, -0.15) is 0 Å². The highest BCUT2D eigenvalue weighted by atomic mass is 31.2. The highest BCUT2D eigenvalue weighted by molar-refractivity contribution is 7.53. The van der Waals surface area contributed by atoms with Crippen LogP contribution in [0, 0.1) is 0 Å². The molecule has 0 saturated carbocycles. The van der Waals surface area contributed by atoms with E-state index in [1.165, 1.54) is 0 Å². The molecule has 7 rings (SSSR count). The van der Waals surface area contributed by atoms with Crippen molar-refractivity contribution < 1.29 is 23.9 Å². The number of carbonyl (C=O) groups excluding carboxylic acids is 2. The van der Waals surface area contributed by atoms with Crippen molar-refractivity contribution in [2.45, 2.75) is 24.5 Å². The maximum Gasteiger partial charge on any atom is 0.342 e. The van der Waals surface area contributed by atoms with Gasteiger partial charge in [-0.1, -0.05) is 84.1 Å². The second kappa shape index (κ2) is 11.6. The Morgan fingerprint density at radius 3 is 2.22 bits per heavy atom. The van der Waals surface area contributed by atoms with Crippen molar-refractivity contribution in [3.05, 3.63) is 114 Å². The van der Waals surface area contributed by atoms with Crippen molar-refractivity contribution >= 4 is 57.7 Å². The number of rotatable bonds is 6. The van der Waals surface area contributed by atoms with Crippen molar-refractivity contribution in [3.8, 4) is 0 Å². The lowest BCUT2D eigenvalue weighted by molar-refractivity contribution is -0.116. The van der Waals surface area contributed by atoms with Gasteiger partial charge in [-0.15, -0.1) is 5.10 Å². The fraction of sp³-hybridized carbons (Fsp3) is 0.176. The number of aromatic nitrogens is 3. The Hall–Kier alpha value is -4.89. The van der Waals surface area contributed by atoms with E-state index in [4.69, 9.17) is 0 Å². The number of amides is 2. The lowest BCUT2D eigenvalue weighted by atomic mass is 10.00. The zero-order valence-corrected chi connectivity index (χ0v) is 25.0. The fourth-order valence-corrected chi connectivity index (χ4v) is 7.28. The van der Waals surface area contributed by atoms with Gasteiger partial charge < -0.3 is 20.0 Å². The third-order valence-corrected chi connectivity index (χ3v) is 9.74. The lowest BCUT2D eigenvalue weighted by Gasteiger charge is -2.32. The summed E-state index contributed by atoms with van der Waals surface area (Å²) in [7, 11) is -4.98. The van der Waals surface area contributed by atoms with Crippen LogP contribution in [0.2, 0.25) is 0 Å². The Bertz CT molecular complexity index is 2130. The maximum atomic E-state index is 14.0. The number of likely N-dealkylation sites (tertiary alicyclic amines) is 1. The summed E-state index contributed by atoms with van der Waals surface area (Å²) in [6, 6.07) is 30.9. The quantitative estimate of drug-likeness (QED) is 0.192. The number of hydrogen-bond donors (Lipinski definition) is 3. The molecule has 1 aromatic heterocycles. The molecular formula is C34H30N5O5P. The molecule has 1 atom stereocenters. The highest BCUT2D eigenvalue weighted by Gasteiger charge is 2.39. The minimum atomic E-state index is -4.98. The summed E-state index contributed by atoms with van der Waals surface area (Å²) >= 11 is 0. The Balaban J connectivity index is 1.20. The minimum absolute atomic E-state index is 0.0851. The van der Waals surface area contributed by atoms with E-state index in [0.29, 0.717) is 31.3 Å². The van der Waals surface area contributed by atoms with Gasteiger partial charge in [-0.25, -0.2) is 4.68 Å². The Morgan fingerprint density at radius 1 is 0.822 bits per heavy atom. The molecule has 2 heterocycles. The van der Waals surface area contributed by atoms with Crippen LogP contribution >= 0.6 is 7.60 Å². The SMILES string of the molecule is O=C(Nc1cc2ccccc2cc1C(=O)N1CCC(n2nnc3ccccc32)CC1)C(c1cccc2ccccc12)P(=O)(O)O. The monoisotopic (exact) mass is 619 g/mol. The van der Waals surface area contributed by atoms with Crippen molar-refractivity contribution in [3.63, 3.8) is 0 Å². The van der Waals surface area contributed by atoms with Crippen LogP contribution in [-0.4, -0.2) is 54.6 Å². The molecule has 0 aliphatic carbocycles. The number of fused-ring (bicyclic) bond motifs is 3. The molecule has 1 aliphatic heterocycles. The van der Waals surface area contributed by atoms with Gasteiger partial charge in [0.2, 0.25) is 5.91 Å². The molecule has 1 fully saturated rings. The lowest BCUT2D eigenvalue weighted by Crippen LogP contribution is -2.39. The van der Waals surface area contributed by atoms with E-state index in [1.54, 1.807) is 41.3 Å². The molecule has 10 nitrogen and oxygen atoms in total. The average molecular weight is 620 g/mol. The molecule has 1 unspecified atom stereocenters. The van der Waals surface area contributed by atoms with E-state index in [9.17, 15) is 23.9 Å². The van der Waals surface area contributed by atoms with Crippen LogP contribution < -0.4 is 5.32 Å². The summed E-state index contributed by atoms with van der Waals surface area (Å²) < 4.78 is 14.8. The fourth-order valence-electron chi connectivity index (χ4n) is 6.33. The zero-order valence-electron chi connectivity index (χ0n) is 24.2. The van der Waals surface area contributed by atoms with E-state index >= 15 is 0 Å². The number of carbonyl (C=O) groups is 2. The third-order valence-electron chi connectivity index (χ3n) is 8.55. The first-order chi connectivity index (χ1) is 21.8. The standard InChI is InChI=1S/C34H30N5O5P/c40-33(32(45(42,43)44)27-13-7-11-22-8-3-4-12-26(22)27)35-30-21-24-10-2-1-9-23(24)20-28(30)34(41)38-18-16-25(17-19-38)39-31-15-6-5-14-29(31)36-37-39/h1-15,20-21,25,32H,16-19H2,(H,35,40)(H2,42,43,44). The molecule has 5 aromatic carbocycles. The van der Waals surface area contributed by atoms with Crippen LogP contribution in [0.1, 0.15) is 40.5 Å². The number of piperidine rings is 1. The number of hydrogen-bond acceptors (Lipinski definition) is 5. The largest absolute Gasteiger partial charge is 0.342 e. The number of benzene rings is 5. The molecule has 226 valence electrons. The number of para-hydroxylation sites is 1. The summed E-state index contributed by atoms with van der Waals surface area (Å²) in [5.74, 6) is -1.16.